The average molecular weight is 455 g/mol. The molecule has 0 aliphatic carbocycles. The fourth-order valence-corrected chi connectivity index (χ4v) is 3.57. The monoisotopic (exact) mass is 454 g/mol. The van der Waals surface area contributed by atoms with Crippen LogP contribution in [0.25, 0.3) is 5.57 Å². The van der Waals surface area contributed by atoms with Crippen LogP contribution in [0.5, 0.6) is 5.75 Å². The number of carbonyl (C=O) groups excluding carboxylic acids is 2. The zero-order valence-electron chi connectivity index (χ0n) is 16.9. The Bertz CT molecular complexity index is 1240. The zero-order valence-corrected chi connectivity index (χ0v) is 17.6. The van der Waals surface area contributed by atoms with Gasteiger partial charge in [-0.25, -0.2) is 8.78 Å². The third-order valence-corrected chi connectivity index (χ3v) is 5.26. The zero-order chi connectivity index (χ0) is 22.8. The first kappa shape index (κ1) is 21.5. The molecule has 2 amide bonds. The van der Waals surface area contributed by atoms with Gasteiger partial charge >= 0.3 is 0 Å². The summed E-state index contributed by atoms with van der Waals surface area (Å²) in [5.74, 6) is -2.70. The highest BCUT2D eigenvalue weighted by molar-refractivity contribution is 6.36. The second-order valence-electron chi connectivity index (χ2n) is 7.02. The minimum atomic E-state index is -1.08. The number of nitrogens with one attached hydrogen (secondary N) is 1. The van der Waals surface area contributed by atoms with Gasteiger partial charge < -0.3 is 10.1 Å². The molecule has 162 valence electrons. The van der Waals surface area contributed by atoms with E-state index in [2.05, 4.69) is 5.32 Å². The minimum Gasteiger partial charge on any atom is -0.496 e. The Labute approximate surface area is 187 Å². The third-order valence-electron chi connectivity index (χ3n) is 5.01. The standard InChI is InChI=1S/C24H17ClF2N2O3/c1-32-20-5-3-2-4-15(20)13-29-23(30)21(14-6-8-16(25)9-7-14)22(24(29)31)28-17-10-11-18(26)19(27)12-17/h2-12,28H,13H2,1H3. The maximum atomic E-state index is 13.7. The lowest BCUT2D eigenvalue weighted by Gasteiger charge is -2.17. The smallest absolute Gasteiger partial charge is 0.278 e. The summed E-state index contributed by atoms with van der Waals surface area (Å²) in [6.45, 7) is -0.0261. The normalized spacial score (nSPS) is 13.7. The molecule has 0 saturated heterocycles. The van der Waals surface area contributed by atoms with Crippen LogP contribution < -0.4 is 10.1 Å². The van der Waals surface area contributed by atoms with Crippen LogP contribution >= 0.6 is 11.6 Å². The molecule has 0 unspecified atom stereocenters. The van der Waals surface area contributed by atoms with Crippen molar-refractivity contribution in [3.8, 4) is 5.75 Å². The molecule has 8 heteroatoms. The maximum absolute atomic E-state index is 13.7. The number of imide groups is 1. The molecular formula is C24H17ClF2N2O3. The Kier molecular flexibility index (Phi) is 5.92. The van der Waals surface area contributed by atoms with Gasteiger partial charge in [-0.3, -0.25) is 14.5 Å². The van der Waals surface area contributed by atoms with Gasteiger partial charge in [0.15, 0.2) is 11.6 Å². The number of carbonyl (C=O) groups is 2. The molecule has 1 N–H and O–H groups in total. The molecule has 0 saturated carbocycles. The quantitative estimate of drug-likeness (QED) is 0.531. The van der Waals surface area contributed by atoms with Gasteiger partial charge in [-0.15, -0.1) is 0 Å². The van der Waals surface area contributed by atoms with Crippen LogP contribution in [0.4, 0.5) is 14.5 Å². The Morgan fingerprint density at radius 2 is 1.66 bits per heavy atom. The molecule has 4 rings (SSSR count). The summed E-state index contributed by atoms with van der Waals surface area (Å²) < 4.78 is 32.4. The summed E-state index contributed by atoms with van der Waals surface area (Å²) in [4.78, 5) is 27.7. The number of methoxy groups -OCH3 is 1. The van der Waals surface area contributed by atoms with Gasteiger partial charge in [0.25, 0.3) is 11.8 Å². The average Bonchev–Trinajstić information content (AvgIpc) is 3.01. The first-order valence-electron chi connectivity index (χ1n) is 9.59. The summed E-state index contributed by atoms with van der Waals surface area (Å²) in [5, 5.41) is 3.26. The number of amides is 2. The van der Waals surface area contributed by atoms with Crippen molar-refractivity contribution >= 4 is 34.7 Å². The lowest BCUT2D eigenvalue weighted by molar-refractivity contribution is -0.137. The van der Waals surface area contributed by atoms with Gasteiger partial charge in [-0.05, 0) is 35.9 Å². The van der Waals surface area contributed by atoms with Gasteiger partial charge in [0.05, 0.1) is 19.2 Å². The van der Waals surface area contributed by atoms with E-state index in [1.54, 1.807) is 48.5 Å². The second kappa shape index (κ2) is 8.80. The molecular weight excluding hydrogens is 438 g/mol. The van der Waals surface area contributed by atoms with Crippen LogP contribution in [0.3, 0.4) is 0 Å². The maximum Gasteiger partial charge on any atom is 0.278 e. The first-order chi connectivity index (χ1) is 15.4. The van der Waals surface area contributed by atoms with E-state index in [-0.39, 0.29) is 23.5 Å². The number of para-hydroxylation sites is 1. The van der Waals surface area contributed by atoms with Crippen LogP contribution in [0.1, 0.15) is 11.1 Å². The molecule has 3 aromatic carbocycles. The van der Waals surface area contributed by atoms with Crippen molar-refractivity contribution < 1.29 is 23.1 Å². The number of ether oxygens (including phenoxy) is 1. The van der Waals surface area contributed by atoms with E-state index in [4.69, 9.17) is 16.3 Å². The molecule has 32 heavy (non-hydrogen) atoms. The number of nitrogens with zero attached hydrogens (tertiary/aromatic N) is 1. The minimum absolute atomic E-state index is 0.0261. The summed E-state index contributed by atoms with van der Waals surface area (Å²) in [6.07, 6.45) is 0. The number of rotatable bonds is 6. The van der Waals surface area contributed by atoms with E-state index in [9.17, 15) is 18.4 Å². The first-order valence-corrected chi connectivity index (χ1v) is 9.97. The highest BCUT2D eigenvalue weighted by Crippen LogP contribution is 2.33. The molecule has 1 aliphatic heterocycles. The lowest BCUT2D eigenvalue weighted by atomic mass is 10.0. The van der Waals surface area contributed by atoms with E-state index in [1.807, 2.05) is 0 Å². The Balaban J connectivity index is 1.75. The molecule has 1 aliphatic rings. The Morgan fingerprint density at radius 3 is 2.34 bits per heavy atom. The van der Waals surface area contributed by atoms with E-state index in [0.717, 1.165) is 17.0 Å². The number of hydrogen-bond acceptors (Lipinski definition) is 4. The van der Waals surface area contributed by atoms with Crippen LogP contribution in [-0.2, 0) is 16.1 Å². The Hall–Kier alpha value is -3.71. The van der Waals surface area contributed by atoms with Gasteiger partial charge in [-0.1, -0.05) is 41.9 Å². The van der Waals surface area contributed by atoms with Crippen molar-refractivity contribution in [1.82, 2.24) is 4.90 Å². The summed E-state index contributed by atoms with van der Waals surface area (Å²) in [7, 11) is 1.50. The van der Waals surface area contributed by atoms with Gasteiger partial charge in [-0.2, -0.15) is 0 Å². The van der Waals surface area contributed by atoms with Crippen molar-refractivity contribution in [2.24, 2.45) is 0 Å². The molecule has 0 bridgehead atoms. The summed E-state index contributed by atoms with van der Waals surface area (Å²) >= 11 is 5.97. The van der Waals surface area contributed by atoms with Crippen molar-refractivity contribution in [2.75, 3.05) is 12.4 Å². The van der Waals surface area contributed by atoms with E-state index in [0.29, 0.717) is 21.9 Å². The fraction of sp³-hybridized carbons (Fsp3) is 0.0833. The van der Waals surface area contributed by atoms with Crippen LogP contribution in [0.2, 0.25) is 5.02 Å². The summed E-state index contributed by atoms with van der Waals surface area (Å²) in [5.41, 5.74) is 1.29. The van der Waals surface area contributed by atoms with Crippen LogP contribution in [-0.4, -0.2) is 23.8 Å². The molecule has 1 heterocycles. The van der Waals surface area contributed by atoms with Crippen molar-refractivity contribution in [2.45, 2.75) is 6.54 Å². The highest BCUT2D eigenvalue weighted by Gasteiger charge is 2.39. The topological polar surface area (TPSA) is 58.6 Å². The lowest BCUT2D eigenvalue weighted by Crippen LogP contribution is -2.32. The van der Waals surface area contributed by atoms with Crippen LogP contribution in [0.15, 0.2) is 72.4 Å². The summed E-state index contributed by atoms with van der Waals surface area (Å²) in [6, 6.07) is 16.6. The van der Waals surface area contributed by atoms with Crippen molar-refractivity contribution in [1.29, 1.82) is 0 Å². The van der Waals surface area contributed by atoms with Crippen molar-refractivity contribution in [3.63, 3.8) is 0 Å². The second-order valence-corrected chi connectivity index (χ2v) is 7.46. The van der Waals surface area contributed by atoms with Crippen molar-refractivity contribution in [3.05, 3.63) is 100 Å². The van der Waals surface area contributed by atoms with Gasteiger partial charge in [0, 0.05) is 22.3 Å². The molecule has 0 fully saturated rings. The Morgan fingerprint density at radius 1 is 0.938 bits per heavy atom. The number of halogens is 3. The van der Waals surface area contributed by atoms with E-state index in [1.165, 1.54) is 13.2 Å². The molecule has 0 atom stereocenters. The number of anilines is 1. The fourth-order valence-electron chi connectivity index (χ4n) is 3.44. The molecule has 0 aromatic heterocycles. The molecule has 5 nitrogen and oxygen atoms in total. The SMILES string of the molecule is COc1ccccc1CN1C(=O)C(Nc2ccc(F)c(F)c2)=C(c2ccc(Cl)cc2)C1=O. The molecule has 3 aromatic rings. The van der Waals surface area contributed by atoms with E-state index >= 15 is 0 Å². The molecule has 0 spiro atoms. The van der Waals surface area contributed by atoms with Gasteiger partial charge in [0.1, 0.15) is 11.4 Å². The number of benzene rings is 3. The predicted molar refractivity (Wildman–Crippen MR) is 117 cm³/mol. The van der Waals surface area contributed by atoms with E-state index < -0.39 is 23.4 Å². The largest absolute Gasteiger partial charge is 0.496 e. The highest BCUT2D eigenvalue weighted by atomic mass is 35.5. The van der Waals surface area contributed by atoms with Gasteiger partial charge in [0.2, 0.25) is 0 Å². The number of hydrogen-bond donors (Lipinski definition) is 1. The third kappa shape index (κ3) is 4.07. The van der Waals surface area contributed by atoms with Crippen LogP contribution in [0, 0.1) is 11.6 Å². The predicted octanol–water partition coefficient (Wildman–Crippen LogP) is 5.02. The molecule has 0 radical (unpaired) electrons.